The summed E-state index contributed by atoms with van der Waals surface area (Å²) in [5, 5.41) is 9.19. The highest BCUT2D eigenvalue weighted by Gasteiger charge is 2.30. The predicted molar refractivity (Wildman–Crippen MR) is 96.5 cm³/mol. The lowest BCUT2D eigenvalue weighted by Gasteiger charge is -2.33. The summed E-state index contributed by atoms with van der Waals surface area (Å²) in [6, 6.07) is 15.1. The minimum Gasteiger partial charge on any atom is -0.478 e. The van der Waals surface area contributed by atoms with Gasteiger partial charge in [-0.25, -0.2) is 4.79 Å². The van der Waals surface area contributed by atoms with Gasteiger partial charge in [-0.3, -0.25) is 4.79 Å². The molecule has 0 bridgehead atoms. The summed E-state index contributed by atoms with van der Waals surface area (Å²) in [5.74, 6) is -0.796. The molecule has 2 aromatic rings. The van der Waals surface area contributed by atoms with Crippen LogP contribution in [0.3, 0.4) is 0 Å². The number of benzene rings is 2. The van der Waals surface area contributed by atoms with E-state index in [4.69, 9.17) is 0 Å². The van der Waals surface area contributed by atoms with Gasteiger partial charge in [-0.15, -0.1) is 0 Å². The number of hydrogen-bond acceptors (Lipinski definition) is 2. The number of carbonyl (C=O) groups is 2. The third-order valence-corrected chi connectivity index (χ3v) is 4.87. The molecule has 130 valence electrons. The van der Waals surface area contributed by atoms with Crippen LogP contribution in [0.15, 0.2) is 48.5 Å². The van der Waals surface area contributed by atoms with Crippen LogP contribution >= 0.6 is 0 Å². The third kappa shape index (κ3) is 3.58. The zero-order chi connectivity index (χ0) is 18.0. The second-order valence-corrected chi connectivity index (χ2v) is 6.93. The fourth-order valence-electron chi connectivity index (χ4n) is 3.55. The summed E-state index contributed by atoms with van der Waals surface area (Å²) in [7, 11) is 0. The molecule has 0 aromatic heterocycles. The molecule has 25 heavy (non-hydrogen) atoms. The van der Waals surface area contributed by atoms with Crippen molar-refractivity contribution in [2.75, 3.05) is 6.54 Å². The van der Waals surface area contributed by atoms with E-state index in [9.17, 15) is 14.7 Å². The average Bonchev–Trinajstić information content (AvgIpc) is 2.61. The number of amides is 1. The lowest BCUT2D eigenvalue weighted by Crippen LogP contribution is -2.40. The Hall–Kier alpha value is -2.62. The Balaban J connectivity index is 1.85. The average molecular weight is 337 g/mol. The van der Waals surface area contributed by atoms with Crippen LogP contribution in [0, 0.1) is 5.92 Å². The van der Waals surface area contributed by atoms with Crippen LogP contribution in [0.4, 0.5) is 0 Å². The second-order valence-electron chi connectivity index (χ2n) is 6.93. The van der Waals surface area contributed by atoms with Crippen molar-refractivity contribution in [1.29, 1.82) is 0 Å². The van der Waals surface area contributed by atoms with Gasteiger partial charge in [-0.2, -0.15) is 0 Å². The summed E-state index contributed by atoms with van der Waals surface area (Å²) >= 11 is 0. The number of nitrogens with zero attached hydrogens (tertiary/aromatic N) is 1. The molecule has 1 aliphatic heterocycles. The van der Waals surface area contributed by atoms with E-state index in [1.54, 1.807) is 12.1 Å². The zero-order valence-corrected chi connectivity index (χ0v) is 14.6. The normalized spacial score (nSPS) is 14.9. The van der Waals surface area contributed by atoms with Crippen molar-refractivity contribution in [2.45, 2.75) is 32.7 Å². The molecule has 0 spiro atoms. The fourth-order valence-corrected chi connectivity index (χ4v) is 3.55. The van der Waals surface area contributed by atoms with Gasteiger partial charge >= 0.3 is 5.97 Å². The molecule has 0 fully saturated rings. The highest BCUT2D eigenvalue weighted by atomic mass is 16.4. The van der Waals surface area contributed by atoms with Crippen molar-refractivity contribution in [1.82, 2.24) is 4.90 Å². The van der Waals surface area contributed by atoms with Crippen molar-refractivity contribution < 1.29 is 14.7 Å². The van der Waals surface area contributed by atoms with E-state index in [-0.39, 0.29) is 23.3 Å². The Morgan fingerprint density at radius 2 is 1.76 bits per heavy atom. The Bertz CT molecular complexity index is 783. The molecule has 1 N–H and O–H groups in total. The van der Waals surface area contributed by atoms with E-state index in [0.29, 0.717) is 13.1 Å². The summed E-state index contributed by atoms with van der Waals surface area (Å²) < 4.78 is 0. The van der Waals surface area contributed by atoms with Gasteiger partial charge < -0.3 is 10.0 Å². The highest BCUT2D eigenvalue weighted by molar-refractivity contribution is 5.88. The number of hydrogen-bond donors (Lipinski definition) is 1. The molecule has 1 amide bonds. The van der Waals surface area contributed by atoms with Crippen molar-refractivity contribution in [2.24, 2.45) is 5.92 Å². The lowest BCUT2D eigenvalue weighted by atomic mass is 9.86. The van der Waals surface area contributed by atoms with Crippen LogP contribution in [0.1, 0.15) is 46.8 Å². The summed E-state index contributed by atoms with van der Waals surface area (Å²) in [6.45, 7) is 5.28. The van der Waals surface area contributed by atoms with Crippen molar-refractivity contribution in [3.8, 4) is 0 Å². The Kier molecular flexibility index (Phi) is 4.88. The van der Waals surface area contributed by atoms with Gasteiger partial charge in [0.2, 0.25) is 5.91 Å². The van der Waals surface area contributed by atoms with Crippen molar-refractivity contribution in [3.63, 3.8) is 0 Å². The number of carboxylic acids is 1. The Labute approximate surface area is 148 Å². The first-order valence-electron chi connectivity index (χ1n) is 8.66. The third-order valence-electron chi connectivity index (χ3n) is 4.87. The number of fused-ring (bicyclic) bond motifs is 1. The number of carbonyl (C=O) groups excluding carboxylic acids is 1. The van der Waals surface area contributed by atoms with Gasteiger partial charge in [0.15, 0.2) is 0 Å². The van der Waals surface area contributed by atoms with E-state index < -0.39 is 5.97 Å². The van der Waals surface area contributed by atoms with E-state index in [0.717, 1.165) is 23.1 Å². The van der Waals surface area contributed by atoms with Crippen LogP contribution in [-0.2, 0) is 17.8 Å². The van der Waals surface area contributed by atoms with Gasteiger partial charge in [0.05, 0.1) is 11.5 Å². The molecule has 1 atom stereocenters. The molecule has 0 saturated heterocycles. The topological polar surface area (TPSA) is 57.6 Å². The van der Waals surface area contributed by atoms with Gasteiger partial charge in [0.25, 0.3) is 0 Å². The molecule has 1 unspecified atom stereocenters. The van der Waals surface area contributed by atoms with Crippen LogP contribution in [-0.4, -0.2) is 28.4 Å². The Morgan fingerprint density at radius 1 is 1.04 bits per heavy atom. The Morgan fingerprint density at radius 3 is 2.40 bits per heavy atom. The van der Waals surface area contributed by atoms with E-state index in [1.807, 2.05) is 41.3 Å². The molecule has 1 heterocycles. The molecule has 4 nitrogen and oxygen atoms in total. The van der Waals surface area contributed by atoms with Gasteiger partial charge in [0.1, 0.15) is 0 Å². The highest BCUT2D eigenvalue weighted by Crippen LogP contribution is 2.29. The monoisotopic (exact) mass is 337 g/mol. The number of rotatable bonds is 4. The molecule has 0 saturated carbocycles. The molecule has 2 aromatic carbocycles. The summed E-state index contributed by atoms with van der Waals surface area (Å²) in [5.41, 5.74) is 3.38. The van der Waals surface area contributed by atoms with E-state index >= 15 is 0 Å². The lowest BCUT2D eigenvalue weighted by molar-refractivity contribution is -0.134. The van der Waals surface area contributed by atoms with E-state index in [2.05, 4.69) is 13.8 Å². The van der Waals surface area contributed by atoms with Crippen molar-refractivity contribution in [3.05, 3.63) is 70.8 Å². The molecular weight excluding hydrogens is 314 g/mol. The maximum atomic E-state index is 13.2. The maximum absolute atomic E-state index is 13.2. The second kappa shape index (κ2) is 7.09. The van der Waals surface area contributed by atoms with Crippen LogP contribution < -0.4 is 0 Å². The minimum atomic E-state index is -0.935. The van der Waals surface area contributed by atoms with E-state index in [1.165, 1.54) is 0 Å². The SMILES string of the molecule is CC(C)C(C(=O)N1CCc2ccc(C(=O)O)cc2C1)c1ccccc1. The smallest absolute Gasteiger partial charge is 0.335 e. The maximum Gasteiger partial charge on any atom is 0.335 e. The van der Waals surface area contributed by atoms with Crippen LogP contribution in [0.25, 0.3) is 0 Å². The number of carboxylic acid groups (broad SMARTS) is 1. The van der Waals surface area contributed by atoms with Gasteiger partial charge in [0, 0.05) is 13.1 Å². The molecular formula is C21H23NO3. The summed E-state index contributed by atoms with van der Waals surface area (Å²) in [6.07, 6.45) is 0.764. The molecule has 0 radical (unpaired) electrons. The molecule has 0 aliphatic carbocycles. The predicted octanol–water partition coefficient (Wildman–Crippen LogP) is 3.71. The molecule has 3 rings (SSSR count). The van der Waals surface area contributed by atoms with Gasteiger partial charge in [-0.1, -0.05) is 50.2 Å². The minimum absolute atomic E-state index is 0.118. The summed E-state index contributed by atoms with van der Waals surface area (Å²) in [4.78, 5) is 26.2. The van der Waals surface area contributed by atoms with Crippen LogP contribution in [0.2, 0.25) is 0 Å². The largest absolute Gasteiger partial charge is 0.478 e. The first kappa shape index (κ1) is 17.2. The first-order valence-corrected chi connectivity index (χ1v) is 8.66. The standard InChI is InChI=1S/C21H23NO3/c1-14(2)19(16-6-4-3-5-7-16)20(23)22-11-10-15-8-9-17(21(24)25)12-18(15)13-22/h3-9,12,14,19H,10-11,13H2,1-2H3,(H,24,25). The molecule has 4 heteroatoms. The first-order chi connectivity index (χ1) is 12.0. The molecule has 1 aliphatic rings. The van der Waals surface area contributed by atoms with Crippen LogP contribution in [0.5, 0.6) is 0 Å². The number of aromatic carboxylic acids is 1. The van der Waals surface area contributed by atoms with Crippen molar-refractivity contribution >= 4 is 11.9 Å². The fraction of sp³-hybridized carbons (Fsp3) is 0.333. The zero-order valence-electron chi connectivity index (χ0n) is 14.6. The quantitative estimate of drug-likeness (QED) is 0.925. The van der Waals surface area contributed by atoms with Gasteiger partial charge in [-0.05, 0) is 41.2 Å².